The second-order valence-electron chi connectivity index (χ2n) is 8.51. The topological polar surface area (TPSA) is 151 Å². The van der Waals surface area contributed by atoms with Gasteiger partial charge in [-0.2, -0.15) is 10.1 Å². The number of aliphatic hydroxyl groups excluding tert-OH is 1. The lowest BCUT2D eigenvalue weighted by atomic mass is 10.2. The first-order valence-corrected chi connectivity index (χ1v) is 11.3. The van der Waals surface area contributed by atoms with Crippen LogP contribution in [0.25, 0.3) is 17.1 Å². The van der Waals surface area contributed by atoms with E-state index >= 15 is 0 Å². The van der Waals surface area contributed by atoms with Gasteiger partial charge >= 0.3 is 5.97 Å². The fourth-order valence-corrected chi connectivity index (χ4v) is 4.14. The van der Waals surface area contributed by atoms with Gasteiger partial charge in [0, 0.05) is 25.8 Å². The van der Waals surface area contributed by atoms with E-state index in [0.29, 0.717) is 18.8 Å². The van der Waals surface area contributed by atoms with Crippen LogP contribution >= 0.6 is 0 Å². The number of imidazole rings is 1. The summed E-state index contributed by atoms with van der Waals surface area (Å²) in [4.78, 5) is 37.1. The highest BCUT2D eigenvalue weighted by Gasteiger charge is 2.19. The van der Waals surface area contributed by atoms with E-state index in [4.69, 9.17) is 9.84 Å². The molecular weight excluding hydrogens is 454 g/mol. The van der Waals surface area contributed by atoms with E-state index in [1.807, 2.05) is 24.3 Å². The number of aromatic nitrogens is 6. The Morgan fingerprint density at radius 2 is 2.20 bits per heavy atom. The van der Waals surface area contributed by atoms with Crippen molar-refractivity contribution in [2.45, 2.75) is 25.5 Å². The Balaban J connectivity index is 1.29. The van der Waals surface area contributed by atoms with Gasteiger partial charge in [0.25, 0.3) is 5.56 Å². The van der Waals surface area contributed by atoms with Crippen molar-refractivity contribution in [3.05, 3.63) is 64.5 Å². The molecule has 1 aliphatic rings. The molecule has 3 N–H and O–H groups in total. The molecule has 3 aromatic heterocycles. The minimum absolute atomic E-state index is 0.0175. The number of carboxylic acid groups (broad SMARTS) is 1. The first-order chi connectivity index (χ1) is 17.0. The molecule has 1 unspecified atom stereocenters. The summed E-state index contributed by atoms with van der Waals surface area (Å²) in [5.74, 6) is -0.279. The van der Waals surface area contributed by atoms with Crippen molar-refractivity contribution in [2.75, 3.05) is 26.2 Å². The summed E-state index contributed by atoms with van der Waals surface area (Å²) < 4.78 is 8.86. The minimum Gasteiger partial charge on any atom is -0.494 e. The molecule has 0 aliphatic carbocycles. The highest BCUT2D eigenvalue weighted by atomic mass is 16.5. The Morgan fingerprint density at radius 1 is 1.31 bits per heavy atom. The number of nitrogens with one attached hydrogen (secondary N) is 1. The maximum Gasteiger partial charge on any atom is 0.338 e. The van der Waals surface area contributed by atoms with E-state index in [-0.39, 0.29) is 23.1 Å². The average molecular weight is 479 g/mol. The van der Waals surface area contributed by atoms with Gasteiger partial charge in [-0.3, -0.25) is 9.78 Å². The largest absolute Gasteiger partial charge is 0.494 e. The lowest BCUT2D eigenvalue weighted by Gasteiger charge is -2.15. The fourth-order valence-electron chi connectivity index (χ4n) is 4.14. The summed E-state index contributed by atoms with van der Waals surface area (Å²) in [6.07, 6.45) is 5.49. The zero-order chi connectivity index (χ0) is 24.4. The number of rotatable bonds is 9. The third-order valence-corrected chi connectivity index (χ3v) is 5.90. The van der Waals surface area contributed by atoms with Crippen LogP contribution in [0.1, 0.15) is 28.8 Å². The number of carbonyl (C=O) groups is 1. The molecule has 1 aliphatic heterocycles. The Labute approximate surface area is 199 Å². The van der Waals surface area contributed by atoms with Crippen LogP contribution in [0.5, 0.6) is 5.75 Å². The van der Waals surface area contributed by atoms with Crippen LogP contribution in [-0.4, -0.2) is 82.7 Å². The van der Waals surface area contributed by atoms with Crippen molar-refractivity contribution in [3.63, 3.8) is 0 Å². The number of likely N-dealkylation sites (tertiary alicyclic amines) is 1. The number of H-pyrrole nitrogens is 1. The normalized spacial score (nSPS) is 16.2. The number of hydrogen-bond donors (Lipinski definition) is 3. The van der Waals surface area contributed by atoms with Gasteiger partial charge < -0.3 is 24.4 Å². The number of benzene rings is 1. The smallest absolute Gasteiger partial charge is 0.338 e. The molecule has 1 aromatic carbocycles. The van der Waals surface area contributed by atoms with Crippen molar-refractivity contribution in [1.82, 2.24) is 34.2 Å². The molecular formula is C23H25N7O5. The monoisotopic (exact) mass is 479 g/mol. The van der Waals surface area contributed by atoms with Crippen LogP contribution in [0.3, 0.4) is 0 Å². The molecule has 4 aromatic rings. The van der Waals surface area contributed by atoms with Crippen LogP contribution in [-0.2, 0) is 6.54 Å². The van der Waals surface area contributed by atoms with Crippen molar-refractivity contribution in [3.8, 4) is 11.7 Å². The summed E-state index contributed by atoms with van der Waals surface area (Å²) in [6, 6.07) is 7.69. The standard InChI is InChI=1S/C23H25N7O5/c31-17-5-7-28(13-17)6-2-8-35-18-4-1-3-15(9-18)11-29-14-24-19-20(29)26-23(27-21(19)32)30-12-16(10-25-30)22(33)34/h1,3-4,9-10,12,14,17,31H,2,5-8,11,13H2,(H,33,34)(H,26,27,32). The number of carboxylic acids is 1. The lowest BCUT2D eigenvalue weighted by molar-refractivity contribution is 0.0697. The van der Waals surface area contributed by atoms with Crippen molar-refractivity contribution < 1.29 is 19.7 Å². The van der Waals surface area contributed by atoms with Crippen LogP contribution in [0.4, 0.5) is 0 Å². The van der Waals surface area contributed by atoms with Crippen LogP contribution < -0.4 is 10.3 Å². The first kappa shape index (κ1) is 22.7. The summed E-state index contributed by atoms with van der Waals surface area (Å²) in [6.45, 7) is 3.54. The van der Waals surface area contributed by atoms with Gasteiger partial charge in [0.2, 0.25) is 5.95 Å². The fraction of sp³-hybridized carbons (Fsp3) is 0.348. The minimum atomic E-state index is -1.12. The number of β-amino-alcohol motifs (C(OH)–C–C–N with tert-alkyl or cyclic N) is 1. The Bertz CT molecular complexity index is 1410. The highest BCUT2D eigenvalue weighted by molar-refractivity contribution is 5.86. The average Bonchev–Trinajstić information content (AvgIpc) is 3.58. The number of aromatic amines is 1. The number of aromatic carboxylic acids is 1. The molecule has 0 radical (unpaired) electrons. The van der Waals surface area contributed by atoms with Crippen molar-refractivity contribution in [1.29, 1.82) is 0 Å². The Kier molecular flexibility index (Phi) is 6.29. The van der Waals surface area contributed by atoms with Gasteiger partial charge in [-0.25, -0.2) is 14.5 Å². The lowest BCUT2D eigenvalue weighted by Crippen LogP contribution is -2.24. The number of fused-ring (bicyclic) bond motifs is 1. The molecule has 4 heterocycles. The van der Waals surface area contributed by atoms with Crippen LogP contribution in [0, 0.1) is 0 Å². The maximum atomic E-state index is 12.5. The molecule has 12 heteroatoms. The molecule has 1 fully saturated rings. The predicted molar refractivity (Wildman–Crippen MR) is 125 cm³/mol. The molecule has 182 valence electrons. The maximum absolute atomic E-state index is 12.5. The van der Waals surface area contributed by atoms with E-state index in [1.54, 1.807) is 10.9 Å². The number of hydrogen-bond acceptors (Lipinski definition) is 8. The van der Waals surface area contributed by atoms with Gasteiger partial charge in [0.1, 0.15) is 5.75 Å². The van der Waals surface area contributed by atoms with E-state index in [2.05, 4.69) is 25.0 Å². The molecule has 0 spiro atoms. The zero-order valence-electron chi connectivity index (χ0n) is 18.9. The molecule has 0 amide bonds. The van der Waals surface area contributed by atoms with E-state index < -0.39 is 11.5 Å². The molecule has 5 rings (SSSR count). The number of nitrogens with zero attached hydrogens (tertiary/aromatic N) is 6. The number of aliphatic hydroxyl groups is 1. The molecule has 0 saturated carbocycles. The summed E-state index contributed by atoms with van der Waals surface area (Å²) >= 11 is 0. The van der Waals surface area contributed by atoms with Gasteiger partial charge in [0.05, 0.1) is 37.3 Å². The van der Waals surface area contributed by atoms with Gasteiger partial charge in [-0.05, 0) is 30.5 Å². The molecule has 12 nitrogen and oxygen atoms in total. The van der Waals surface area contributed by atoms with Gasteiger partial charge in [-0.15, -0.1) is 0 Å². The second kappa shape index (κ2) is 9.68. The van der Waals surface area contributed by atoms with Crippen LogP contribution in [0.15, 0.2) is 47.8 Å². The SMILES string of the molecule is O=C(O)c1cnn(-c2nc3c(ncn3Cc3cccc(OCCCN4CCC(O)C4)c3)c(=O)[nH]2)c1. The van der Waals surface area contributed by atoms with E-state index in [9.17, 15) is 14.7 Å². The van der Waals surface area contributed by atoms with E-state index in [1.165, 1.54) is 17.1 Å². The van der Waals surface area contributed by atoms with Gasteiger partial charge in [-0.1, -0.05) is 12.1 Å². The molecule has 0 bridgehead atoms. The van der Waals surface area contributed by atoms with Crippen molar-refractivity contribution in [2.24, 2.45) is 0 Å². The second-order valence-corrected chi connectivity index (χ2v) is 8.51. The third-order valence-electron chi connectivity index (χ3n) is 5.90. The van der Waals surface area contributed by atoms with Crippen LogP contribution in [0.2, 0.25) is 0 Å². The summed E-state index contributed by atoms with van der Waals surface area (Å²) in [5.41, 5.74) is 1.02. The molecule has 1 atom stereocenters. The Morgan fingerprint density at radius 3 is 2.97 bits per heavy atom. The predicted octanol–water partition coefficient (Wildman–Crippen LogP) is 0.887. The number of ether oxygens (including phenoxy) is 1. The third kappa shape index (κ3) is 5.08. The van der Waals surface area contributed by atoms with Gasteiger partial charge in [0.15, 0.2) is 11.2 Å². The quantitative estimate of drug-likeness (QED) is 0.297. The Hall–Kier alpha value is -4.03. The first-order valence-electron chi connectivity index (χ1n) is 11.3. The summed E-state index contributed by atoms with van der Waals surface area (Å²) in [5, 5.41) is 22.7. The zero-order valence-corrected chi connectivity index (χ0v) is 18.9. The summed E-state index contributed by atoms with van der Waals surface area (Å²) in [7, 11) is 0. The van der Waals surface area contributed by atoms with E-state index in [0.717, 1.165) is 43.8 Å². The molecule has 35 heavy (non-hydrogen) atoms. The molecule has 1 saturated heterocycles. The highest BCUT2D eigenvalue weighted by Crippen LogP contribution is 2.17. The van der Waals surface area contributed by atoms with Crippen molar-refractivity contribution >= 4 is 17.1 Å².